The molecule has 0 N–H and O–H groups in total. The van der Waals surface area contributed by atoms with Crippen molar-refractivity contribution >= 4 is 5.97 Å². The number of ether oxygens (including phenoxy) is 2. The van der Waals surface area contributed by atoms with Crippen molar-refractivity contribution < 1.29 is 31.8 Å². The molecule has 0 amide bonds. The van der Waals surface area contributed by atoms with Gasteiger partial charge in [-0.25, -0.2) is 19.2 Å². The number of hydrogen-bond acceptors (Lipinski definition) is 7. The molecule has 8 nitrogen and oxygen atoms in total. The van der Waals surface area contributed by atoms with E-state index in [0.29, 0.717) is 23.4 Å². The molecule has 12 heteroatoms. The summed E-state index contributed by atoms with van der Waals surface area (Å²) in [5.74, 6) is -0.917. The summed E-state index contributed by atoms with van der Waals surface area (Å²) in [6, 6.07) is 11.5. The number of aromatic nitrogens is 5. The van der Waals surface area contributed by atoms with E-state index in [4.69, 9.17) is 9.47 Å². The third kappa shape index (κ3) is 5.72. The third-order valence-electron chi connectivity index (χ3n) is 6.23. The van der Waals surface area contributed by atoms with Crippen LogP contribution in [0.15, 0.2) is 73.2 Å². The summed E-state index contributed by atoms with van der Waals surface area (Å²) < 4.78 is 67.6. The van der Waals surface area contributed by atoms with Crippen LogP contribution < -0.4 is 4.74 Å². The van der Waals surface area contributed by atoms with Crippen molar-refractivity contribution in [1.82, 2.24) is 24.7 Å². The Kier molecular flexibility index (Phi) is 7.64. The molecule has 0 spiro atoms. The number of carbonyl (C=O) groups excluding carboxylic acids is 1. The third-order valence-corrected chi connectivity index (χ3v) is 6.23. The standard InChI is InChI=1S/C29H23F4N5O3/c1-3-12-41-18-9-10-19(21(13-18)29(31,32)33)23-11-8-17(14-34-23)26(28(39)40-2)38-16-25-24(15-35-38)36-27(37-25)20-6-4-5-7-22(20)30/h4-11,13-16,26H,3,12H2,1-2H3. The second kappa shape index (κ2) is 11.3. The SMILES string of the molecule is CCCOc1ccc(-c2ccc(C(C(=O)OC)n3cc4nc(-c5ccccc5F)nc-4cn3)cn2)c(C(F)(F)F)c1. The van der Waals surface area contributed by atoms with Crippen molar-refractivity contribution in [2.45, 2.75) is 25.6 Å². The lowest BCUT2D eigenvalue weighted by Gasteiger charge is -2.19. The van der Waals surface area contributed by atoms with Gasteiger partial charge >= 0.3 is 12.1 Å². The van der Waals surface area contributed by atoms with Crippen molar-refractivity contribution in [2.75, 3.05) is 13.7 Å². The summed E-state index contributed by atoms with van der Waals surface area (Å²) in [4.78, 5) is 25.8. The van der Waals surface area contributed by atoms with E-state index in [1.807, 2.05) is 6.92 Å². The minimum Gasteiger partial charge on any atom is -0.494 e. The highest BCUT2D eigenvalue weighted by Gasteiger charge is 2.35. The zero-order valence-electron chi connectivity index (χ0n) is 21.9. The fraction of sp³-hybridized carbons (Fsp3) is 0.207. The number of hydrogen-bond donors (Lipinski definition) is 0. The predicted octanol–water partition coefficient (Wildman–Crippen LogP) is 6.22. The van der Waals surface area contributed by atoms with E-state index >= 15 is 0 Å². The Morgan fingerprint density at radius 3 is 2.44 bits per heavy atom. The van der Waals surface area contributed by atoms with Crippen molar-refractivity contribution in [1.29, 1.82) is 0 Å². The van der Waals surface area contributed by atoms with Crippen LogP contribution in [0.3, 0.4) is 0 Å². The molecule has 41 heavy (non-hydrogen) atoms. The number of halogens is 4. The van der Waals surface area contributed by atoms with Gasteiger partial charge in [0.15, 0.2) is 11.9 Å². The van der Waals surface area contributed by atoms with Crippen LogP contribution in [0.25, 0.3) is 34.0 Å². The van der Waals surface area contributed by atoms with Crippen LogP contribution in [-0.2, 0) is 15.7 Å². The number of nitrogens with zero attached hydrogens (tertiary/aromatic N) is 5. The number of benzene rings is 2. The molecule has 0 saturated carbocycles. The zero-order valence-corrected chi connectivity index (χ0v) is 21.9. The maximum Gasteiger partial charge on any atom is 0.417 e. The molecule has 0 radical (unpaired) electrons. The van der Waals surface area contributed by atoms with Crippen LogP contribution in [0.2, 0.25) is 0 Å². The Morgan fingerprint density at radius 1 is 0.976 bits per heavy atom. The number of esters is 1. The maximum atomic E-state index is 14.3. The van der Waals surface area contributed by atoms with Gasteiger partial charge in [0.05, 0.1) is 42.9 Å². The fourth-order valence-electron chi connectivity index (χ4n) is 4.27. The Balaban J connectivity index is 1.50. The Morgan fingerprint density at radius 2 is 1.76 bits per heavy atom. The molecule has 2 aromatic carbocycles. The molecule has 0 fully saturated rings. The first kappa shape index (κ1) is 27.7. The summed E-state index contributed by atoms with van der Waals surface area (Å²) >= 11 is 0. The Labute approximate surface area is 232 Å². The zero-order chi connectivity index (χ0) is 29.1. The molecule has 5 rings (SSSR count). The number of imidazole rings is 1. The van der Waals surface area contributed by atoms with E-state index in [9.17, 15) is 22.4 Å². The molecule has 210 valence electrons. The van der Waals surface area contributed by atoms with Gasteiger partial charge in [0, 0.05) is 17.3 Å². The van der Waals surface area contributed by atoms with Crippen LogP contribution in [0.4, 0.5) is 17.6 Å². The molecule has 1 unspecified atom stereocenters. The number of methoxy groups -OCH3 is 1. The van der Waals surface area contributed by atoms with E-state index in [2.05, 4.69) is 20.1 Å². The Bertz CT molecular complexity index is 1650. The maximum absolute atomic E-state index is 14.3. The molecule has 3 aromatic rings. The highest BCUT2D eigenvalue weighted by molar-refractivity contribution is 5.78. The molecule has 1 aromatic heterocycles. The quantitative estimate of drug-likeness (QED) is 0.163. The summed E-state index contributed by atoms with van der Waals surface area (Å²) in [5, 5.41) is 4.27. The van der Waals surface area contributed by atoms with Gasteiger partial charge < -0.3 is 9.47 Å². The molecule has 0 aliphatic carbocycles. The smallest absolute Gasteiger partial charge is 0.417 e. The topological polar surface area (TPSA) is 92.0 Å². The van der Waals surface area contributed by atoms with E-state index in [0.717, 1.165) is 6.07 Å². The van der Waals surface area contributed by atoms with Crippen molar-refractivity contribution in [3.63, 3.8) is 0 Å². The van der Waals surface area contributed by atoms with Crippen molar-refractivity contribution in [3.8, 4) is 39.8 Å². The molecule has 1 atom stereocenters. The average molecular weight is 566 g/mol. The van der Waals surface area contributed by atoms with Crippen LogP contribution in [0.5, 0.6) is 5.75 Å². The number of rotatable bonds is 8. The predicted molar refractivity (Wildman–Crippen MR) is 140 cm³/mol. The highest BCUT2D eigenvalue weighted by Crippen LogP contribution is 2.39. The van der Waals surface area contributed by atoms with Crippen LogP contribution >= 0.6 is 0 Å². The monoisotopic (exact) mass is 565 g/mol. The number of fused-ring (bicyclic) bond motifs is 1. The van der Waals surface area contributed by atoms with Crippen LogP contribution in [0.1, 0.15) is 30.5 Å². The minimum absolute atomic E-state index is 0.0524. The molecule has 2 aliphatic rings. The summed E-state index contributed by atoms with van der Waals surface area (Å²) in [6.07, 6.45) is 0.131. The molecule has 0 saturated heterocycles. The van der Waals surface area contributed by atoms with Gasteiger partial charge in [-0.05, 0) is 42.8 Å². The van der Waals surface area contributed by atoms with Gasteiger partial charge in [-0.1, -0.05) is 25.1 Å². The van der Waals surface area contributed by atoms with Gasteiger partial charge in [-0.15, -0.1) is 0 Å². The highest BCUT2D eigenvalue weighted by atomic mass is 19.4. The van der Waals surface area contributed by atoms with Gasteiger partial charge in [0.25, 0.3) is 0 Å². The second-order valence-electron chi connectivity index (χ2n) is 9.01. The first-order valence-corrected chi connectivity index (χ1v) is 12.5. The average Bonchev–Trinajstić information content (AvgIpc) is 3.39. The first-order chi connectivity index (χ1) is 19.7. The summed E-state index contributed by atoms with van der Waals surface area (Å²) in [7, 11) is 1.20. The van der Waals surface area contributed by atoms with E-state index < -0.39 is 29.6 Å². The minimum atomic E-state index is -4.65. The molecule has 0 bridgehead atoms. The lowest BCUT2D eigenvalue weighted by atomic mass is 10.0. The van der Waals surface area contributed by atoms with Crippen molar-refractivity contribution in [3.05, 3.63) is 90.1 Å². The van der Waals surface area contributed by atoms with Gasteiger partial charge in [0.1, 0.15) is 23.0 Å². The van der Waals surface area contributed by atoms with Crippen LogP contribution in [0, 0.1) is 5.82 Å². The molecule has 3 heterocycles. The largest absolute Gasteiger partial charge is 0.494 e. The van der Waals surface area contributed by atoms with E-state index in [1.165, 1.54) is 60.7 Å². The van der Waals surface area contributed by atoms with Crippen LogP contribution in [-0.4, -0.2) is 44.4 Å². The lowest BCUT2D eigenvalue weighted by molar-refractivity contribution is -0.143. The number of carbonyl (C=O) groups is 1. The number of pyridine rings is 1. The summed E-state index contributed by atoms with van der Waals surface area (Å²) in [5.41, 5.74) is 0.266. The first-order valence-electron chi connectivity index (χ1n) is 12.5. The second-order valence-corrected chi connectivity index (χ2v) is 9.01. The molecule has 2 aliphatic heterocycles. The van der Waals surface area contributed by atoms with Gasteiger partial charge in [-0.3, -0.25) is 9.67 Å². The van der Waals surface area contributed by atoms with Gasteiger partial charge in [-0.2, -0.15) is 18.3 Å². The van der Waals surface area contributed by atoms with E-state index in [-0.39, 0.29) is 35.0 Å². The summed E-state index contributed by atoms with van der Waals surface area (Å²) in [6.45, 7) is 2.14. The number of alkyl halides is 3. The molecular formula is C29H23F4N5O3. The van der Waals surface area contributed by atoms with Crippen molar-refractivity contribution in [2.24, 2.45) is 0 Å². The molecular weight excluding hydrogens is 542 g/mol. The normalized spacial score (nSPS) is 12.3. The lowest BCUT2D eigenvalue weighted by Crippen LogP contribution is -2.24. The van der Waals surface area contributed by atoms with E-state index in [1.54, 1.807) is 18.2 Å². The van der Waals surface area contributed by atoms with Gasteiger partial charge in [0.2, 0.25) is 0 Å². The Hall–Kier alpha value is -4.87. The fourth-order valence-corrected chi connectivity index (χ4v) is 4.27.